The Morgan fingerprint density at radius 3 is 2.15 bits per heavy atom. The van der Waals surface area contributed by atoms with E-state index < -0.39 is 28.7 Å². The second kappa shape index (κ2) is 7.36. The number of sulfonamides is 1. The van der Waals surface area contributed by atoms with E-state index in [1.807, 2.05) is 13.8 Å². The Kier molecular flexibility index (Phi) is 5.60. The summed E-state index contributed by atoms with van der Waals surface area (Å²) in [5.74, 6) is -0.937. The highest BCUT2D eigenvalue weighted by molar-refractivity contribution is 7.92. The molecule has 2 aromatic rings. The maximum Gasteiger partial charge on any atom is 0.405 e. The van der Waals surface area contributed by atoms with Gasteiger partial charge in [0.2, 0.25) is 0 Å². The molecule has 26 heavy (non-hydrogen) atoms. The number of hydrogen-bond donors (Lipinski definition) is 2. The molecule has 0 heterocycles. The van der Waals surface area contributed by atoms with Crippen molar-refractivity contribution in [3.8, 4) is 0 Å². The summed E-state index contributed by atoms with van der Waals surface area (Å²) in [6.45, 7) is 2.29. The molecule has 5 nitrogen and oxygen atoms in total. The minimum atomic E-state index is -4.52. The number of hydrogen-bond acceptors (Lipinski definition) is 3. The van der Waals surface area contributed by atoms with Crippen LogP contribution in [0.3, 0.4) is 0 Å². The molecule has 0 radical (unpaired) electrons. The third-order valence-corrected chi connectivity index (χ3v) is 5.03. The number of amides is 1. The van der Waals surface area contributed by atoms with Crippen LogP contribution in [0.25, 0.3) is 0 Å². The van der Waals surface area contributed by atoms with Crippen LogP contribution >= 0.6 is 0 Å². The van der Waals surface area contributed by atoms with Gasteiger partial charge in [-0.25, -0.2) is 8.42 Å². The monoisotopic (exact) mass is 386 g/mol. The van der Waals surface area contributed by atoms with Crippen LogP contribution in [0.2, 0.25) is 0 Å². The zero-order chi connectivity index (χ0) is 19.5. The Morgan fingerprint density at radius 2 is 1.62 bits per heavy atom. The number of anilines is 1. The quantitative estimate of drug-likeness (QED) is 0.827. The van der Waals surface area contributed by atoms with Crippen molar-refractivity contribution < 1.29 is 26.4 Å². The molecule has 2 N–H and O–H groups in total. The van der Waals surface area contributed by atoms with Crippen molar-refractivity contribution in [1.82, 2.24) is 5.32 Å². The molecule has 0 saturated carbocycles. The van der Waals surface area contributed by atoms with Gasteiger partial charge in [0.25, 0.3) is 15.9 Å². The first-order valence-corrected chi connectivity index (χ1v) is 9.01. The van der Waals surface area contributed by atoms with Gasteiger partial charge in [-0.15, -0.1) is 0 Å². The van der Waals surface area contributed by atoms with E-state index in [9.17, 15) is 26.4 Å². The lowest BCUT2D eigenvalue weighted by atomic mass is 10.1. The molecule has 2 aromatic carbocycles. The molecule has 0 fully saturated rings. The van der Waals surface area contributed by atoms with E-state index in [2.05, 4.69) is 4.72 Å². The molecular formula is C17H17F3N2O3S. The summed E-state index contributed by atoms with van der Waals surface area (Å²) in [4.78, 5) is 11.5. The third kappa shape index (κ3) is 5.22. The van der Waals surface area contributed by atoms with E-state index in [0.29, 0.717) is 5.69 Å². The molecule has 0 aliphatic carbocycles. The number of alkyl halides is 3. The lowest BCUT2D eigenvalue weighted by molar-refractivity contribution is -0.123. The van der Waals surface area contributed by atoms with E-state index in [4.69, 9.17) is 0 Å². The topological polar surface area (TPSA) is 75.3 Å². The van der Waals surface area contributed by atoms with Gasteiger partial charge in [0.15, 0.2) is 0 Å². The van der Waals surface area contributed by atoms with E-state index in [1.165, 1.54) is 0 Å². The van der Waals surface area contributed by atoms with Crippen LogP contribution in [0, 0.1) is 13.8 Å². The molecule has 0 aliphatic rings. The lowest BCUT2D eigenvalue weighted by Gasteiger charge is -2.11. The highest BCUT2D eigenvalue weighted by Gasteiger charge is 2.28. The zero-order valence-electron chi connectivity index (χ0n) is 14.0. The number of carbonyl (C=O) groups excluding carboxylic acids is 1. The van der Waals surface area contributed by atoms with Gasteiger partial charge >= 0.3 is 6.18 Å². The normalized spacial score (nSPS) is 11.9. The van der Waals surface area contributed by atoms with Crippen molar-refractivity contribution in [2.45, 2.75) is 24.9 Å². The fraction of sp³-hybridized carbons (Fsp3) is 0.235. The highest BCUT2D eigenvalue weighted by atomic mass is 32.2. The Balaban J connectivity index is 2.13. The van der Waals surface area contributed by atoms with E-state index >= 15 is 0 Å². The predicted octanol–water partition coefficient (Wildman–Crippen LogP) is 3.40. The first kappa shape index (κ1) is 19.8. The molecule has 0 unspecified atom stereocenters. The molecule has 9 heteroatoms. The summed E-state index contributed by atoms with van der Waals surface area (Å²) in [6.07, 6.45) is -4.52. The Hall–Kier alpha value is -2.55. The van der Waals surface area contributed by atoms with Crippen LogP contribution in [0.1, 0.15) is 21.5 Å². The largest absolute Gasteiger partial charge is 0.405 e. The lowest BCUT2D eigenvalue weighted by Crippen LogP contribution is -2.33. The summed E-state index contributed by atoms with van der Waals surface area (Å²) < 4.78 is 63.5. The van der Waals surface area contributed by atoms with Gasteiger partial charge in [0.05, 0.1) is 4.90 Å². The first-order chi connectivity index (χ1) is 12.0. The van der Waals surface area contributed by atoms with Crippen LogP contribution in [0.5, 0.6) is 0 Å². The van der Waals surface area contributed by atoms with Crippen molar-refractivity contribution in [2.24, 2.45) is 0 Å². The van der Waals surface area contributed by atoms with Crippen LogP contribution in [0.15, 0.2) is 47.4 Å². The smallest absolute Gasteiger partial charge is 0.343 e. The molecule has 0 atom stereocenters. The number of halogens is 3. The fourth-order valence-electron chi connectivity index (χ4n) is 2.09. The molecule has 0 spiro atoms. The average molecular weight is 386 g/mol. The first-order valence-electron chi connectivity index (χ1n) is 7.53. The summed E-state index contributed by atoms with van der Waals surface area (Å²) in [6, 6.07) is 9.71. The second-order valence-corrected chi connectivity index (χ2v) is 7.41. The Morgan fingerprint density at radius 1 is 1.00 bits per heavy atom. The molecule has 140 valence electrons. The second-order valence-electron chi connectivity index (χ2n) is 5.73. The van der Waals surface area contributed by atoms with Gasteiger partial charge in [-0.1, -0.05) is 6.07 Å². The van der Waals surface area contributed by atoms with E-state index in [-0.39, 0.29) is 10.5 Å². The zero-order valence-corrected chi connectivity index (χ0v) is 14.8. The molecule has 0 saturated heterocycles. The standard InChI is InChI=1S/C17H17F3N2O3S/c1-11-3-6-14(9-12(11)2)22-26(24,25)15-7-4-13(5-8-15)16(23)21-10-17(18,19)20/h3-9,22H,10H2,1-2H3,(H,21,23). The predicted molar refractivity (Wildman–Crippen MR) is 91.6 cm³/mol. The van der Waals surface area contributed by atoms with E-state index in [1.54, 1.807) is 23.5 Å². The van der Waals surface area contributed by atoms with Gasteiger partial charge in [0.1, 0.15) is 6.54 Å². The summed E-state index contributed by atoms with van der Waals surface area (Å²) in [5, 5.41) is 1.72. The number of nitrogens with one attached hydrogen (secondary N) is 2. The van der Waals surface area contributed by atoms with Crippen molar-refractivity contribution in [1.29, 1.82) is 0 Å². The highest BCUT2D eigenvalue weighted by Crippen LogP contribution is 2.19. The Labute approximate surface area is 149 Å². The molecule has 1 amide bonds. The van der Waals surface area contributed by atoms with Crippen LogP contribution < -0.4 is 10.0 Å². The maximum atomic E-state index is 12.4. The average Bonchev–Trinajstić information content (AvgIpc) is 2.55. The minimum absolute atomic E-state index is 0.0700. The third-order valence-electron chi connectivity index (χ3n) is 3.64. The van der Waals surface area contributed by atoms with Crippen LogP contribution in [0.4, 0.5) is 18.9 Å². The number of aryl methyl sites for hydroxylation is 2. The summed E-state index contributed by atoms with van der Waals surface area (Å²) >= 11 is 0. The number of benzene rings is 2. The number of rotatable bonds is 5. The van der Waals surface area contributed by atoms with Crippen LogP contribution in [-0.2, 0) is 10.0 Å². The van der Waals surface area contributed by atoms with Gasteiger partial charge in [-0.05, 0) is 61.4 Å². The van der Waals surface area contributed by atoms with Gasteiger partial charge in [-0.2, -0.15) is 13.2 Å². The molecule has 0 aliphatic heterocycles. The van der Waals surface area contributed by atoms with Crippen molar-refractivity contribution in [3.63, 3.8) is 0 Å². The maximum absolute atomic E-state index is 12.4. The summed E-state index contributed by atoms with van der Waals surface area (Å²) in [7, 11) is -3.88. The van der Waals surface area contributed by atoms with Gasteiger partial charge < -0.3 is 5.32 Å². The van der Waals surface area contributed by atoms with E-state index in [0.717, 1.165) is 35.4 Å². The van der Waals surface area contributed by atoms with Crippen molar-refractivity contribution in [3.05, 3.63) is 59.2 Å². The minimum Gasteiger partial charge on any atom is -0.343 e. The Bertz CT molecular complexity index is 908. The SMILES string of the molecule is Cc1ccc(NS(=O)(=O)c2ccc(C(=O)NCC(F)(F)F)cc2)cc1C. The van der Waals surface area contributed by atoms with Crippen LogP contribution in [-0.4, -0.2) is 27.0 Å². The summed E-state index contributed by atoms with van der Waals surface area (Å²) in [5.41, 5.74) is 2.25. The van der Waals surface area contributed by atoms with Gasteiger partial charge in [0, 0.05) is 11.3 Å². The molecule has 0 aromatic heterocycles. The van der Waals surface area contributed by atoms with Crippen molar-refractivity contribution in [2.75, 3.05) is 11.3 Å². The fourth-order valence-corrected chi connectivity index (χ4v) is 3.14. The molecule has 0 bridgehead atoms. The van der Waals surface area contributed by atoms with Crippen molar-refractivity contribution >= 4 is 21.6 Å². The number of carbonyl (C=O) groups is 1. The van der Waals surface area contributed by atoms with Gasteiger partial charge in [-0.3, -0.25) is 9.52 Å². The molecule has 2 rings (SSSR count). The molecular weight excluding hydrogens is 369 g/mol.